The fourth-order valence-corrected chi connectivity index (χ4v) is 3.07. The molecule has 6 heteroatoms. The lowest BCUT2D eigenvalue weighted by molar-refractivity contribution is -0.199. The van der Waals surface area contributed by atoms with E-state index in [0.717, 1.165) is 0 Å². The van der Waals surface area contributed by atoms with Gasteiger partial charge in [0.25, 0.3) is 0 Å². The van der Waals surface area contributed by atoms with Crippen LogP contribution in [0.3, 0.4) is 0 Å². The van der Waals surface area contributed by atoms with Crippen LogP contribution in [0.4, 0.5) is 0 Å². The first-order valence-electron chi connectivity index (χ1n) is 6.24. The van der Waals surface area contributed by atoms with Gasteiger partial charge in [0.05, 0.1) is 6.61 Å². The standard InChI is InChI=1S/C12H19ClO5/c1-11(2)14-5-6(16-11)7-8-9(10(13)15-7)18-12(3,4)17-8/h6-10H,5H2,1-4H3/t6-,7+,8-,9-,10-/m1/s1. The summed E-state index contributed by atoms with van der Waals surface area (Å²) in [6.07, 6.45) is -0.876. The van der Waals surface area contributed by atoms with E-state index in [9.17, 15) is 0 Å². The number of rotatable bonds is 1. The second kappa shape index (κ2) is 4.04. The average Bonchev–Trinajstić information content (AvgIpc) is 2.81. The van der Waals surface area contributed by atoms with Gasteiger partial charge in [-0.1, -0.05) is 11.6 Å². The van der Waals surface area contributed by atoms with E-state index < -0.39 is 17.1 Å². The van der Waals surface area contributed by atoms with Gasteiger partial charge in [-0.15, -0.1) is 0 Å². The minimum Gasteiger partial charge on any atom is -0.351 e. The number of ether oxygens (including phenoxy) is 5. The molecule has 0 unspecified atom stereocenters. The summed E-state index contributed by atoms with van der Waals surface area (Å²) in [7, 11) is 0. The number of halogens is 1. The second-order valence-electron chi connectivity index (χ2n) is 5.88. The van der Waals surface area contributed by atoms with Gasteiger partial charge < -0.3 is 23.7 Å². The van der Waals surface area contributed by atoms with Crippen molar-refractivity contribution in [3.05, 3.63) is 0 Å². The number of alkyl halides is 1. The van der Waals surface area contributed by atoms with E-state index >= 15 is 0 Å². The Kier molecular flexibility index (Phi) is 2.94. The molecule has 3 fully saturated rings. The van der Waals surface area contributed by atoms with Crippen LogP contribution in [0.25, 0.3) is 0 Å². The summed E-state index contributed by atoms with van der Waals surface area (Å²) >= 11 is 6.16. The predicted molar refractivity (Wildman–Crippen MR) is 63.2 cm³/mol. The third-order valence-electron chi connectivity index (χ3n) is 3.43. The van der Waals surface area contributed by atoms with Crippen molar-refractivity contribution in [1.82, 2.24) is 0 Å². The van der Waals surface area contributed by atoms with E-state index in [1.54, 1.807) is 0 Å². The van der Waals surface area contributed by atoms with Gasteiger partial charge in [-0.3, -0.25) is 0 Å². The highest BCUT2D eigenvalue weighted by Crippen LogP contribution is 2.43. The summed E-state index contributed by atoms with van der Waals surface area (Å²) < 4.78 is 28.7. The smallest absolute Gasteiger partial charge is 0.164 e. The van der Waals surface area contributed by atoms with Crippen LogP contribution in [0.5, 0.6) is 0 Å². The maximum atomic E-state index is 6.16. The fraction of sp³-hybridized carbons (Fsp3) is 1.00. The van der Waals surface area contributed by atoms with Gasteiger partial charge in [0, 0.05) is 0 Å². The quantitative estimate of drug-likeness (QED) is 0.682. The van der Waals surface area contributed by atoms with Gasteiger partial charge in [-0.05, 0) is 27.7 Å². The summed E-state index contributed by atoms with van der Waals surface area (Å²) in [6.45, 7) is 8.00. The summed E-state index contributed by atoms with van der Waals surface area (Å²) in [6, 6.07) is 0. The molecule has 3 heterocycles. The summed E-state index contributed by atoms with van der Waals surface area (Å²) in [4.78, 5) is 0. The highest BCUT2D eigenvalue weighted by Gasteiger charge is 2.58. The van der Waals surface area contributed by atoms with Crippen molar-refractivity contribution in [3.63, 3.8) is 0 Å². The Hall–Kier alpha value is 0.0900. The molecule has 0 aliphatic carbocycles. The summed E-state index contributed by atoms with van der Waals surface area (Å²) in [5.41, 5.74) is -0.505. The molecule has 0 saturated carbocycles. The molecule has 0 aromatic heterocycles. The Balaban J connectivity index is 1.75. The Morgan fingerprint density at radius 3 is 2.17 bits per heavy atom. The number of fused-ring (bicyclic) bond motifs is 1. The molecule has 0 radical (unpaired) electrons. The molecule has 5 atom stereocenters. The second-order valence-corrected chi connectivity index (χ2v) is 6.31. The maximum Gasteiger partial charge on any atom is 0.164 e. The minimum absolute atomic E-state index is 0.172. The molecule has 3 aliphatic heterocycles. The van der Waals surface area contributed by atoms with Crippen LogP contribution in [0.1, 0.15) is 27.7 Å². The van der Waals surface area contributed by atoms with E-state index in [4.69, 9.17) is 35.3 Å². The Morgan fingerprint density at radius 1 is 0.889 bits per heavy atom. The largest absolute Gasteiger partial charge is 0.351 e. The average molecular weight is 279 g/mol. The lowest BCUT2D eigenvalue weighted by atomic mass is 10.1. The first-order valence-corrected chi connectivity index (χ1v) is 6.68. The zero-order valence-electron chi connectivity index (χ0n) is 11.0. The molecule has 0 aromatic rings. The Bertz CT molecular complexity index is 345. The molecule has 104 valence electrons. The number of hydrogen-bond donors (Lipinski definition) is 0. The van der Waals surface area contributed by atoms with Crippen molar-refractivity contribution in [2.75, 3.05) is 6.61 Å². The van der Waals surface area contributed by atoms with Crippen LogP contribution in [0, 0.1) is 0 Å². The monoisotopic (exact) mass is 278 g/mol. The van der Waals surface area contributed by atoms with Crippen molar-refractivity contribution in [3.8, 4) is 0 Å². The lowest BCUT2D eigenvalue weighted by Crippen LogP contribution is -2.40. The Morgan fingerprint density at radius 2 is 1.56 bits per heavy atom. The van der Waals surface area contributed by atoms with E-state index in [2.05, 4.69) is 0 Å². The molecule has 3 saturated heterocycles. The molecule has 3 aliphatic rings. The van der Waals surface area contributed by atoms with E-state index in [1.165, 1.54) is 0 Å². The highest BCUT2D eigenvalue weighted by molar-refractivity contribution is 6.20. The Labute approximate surface area is 112 Å². The normalized spacial score (nSPS) is 49.5. The first-order chi connectivity index (χ1) is 8.27. The van der Waals surface area contributed by atoms with Crippen LogP contribution < -0.4 is 0 Å². The van der Waals surface area contributed by atoms with Crippen LogP contribution in [-0.4, -0.2) is 48.2 Å². The van der Waals surface area contributed by atoms with Crippen molar-refractivity contribution < 1.29 is 23.7 Å². The van der Waals surface area contributed by atoms with Crippen LogP contribution in [0.15, 0.2) is 0 Å². The molecule has 0 bridgehead atoms. The van der Waals surface area contributed by atoms with Gasteiger partial charge in [0.1, 0.15) is 24.4 Å². The molecule has 5 nitrogen and oxygen atoms in total. The molecule has 0 N–H and O–H groups in total. The molecule has 18 heavy (non-hydrogen) atoms. The molecular weight excluding hydrogens is 260 g/mol. The molecular formula is C12H19ClO5. The van der Waals surface area contributed by atoms with Gasteiger partial charge >= 0.3 is 0 Å². The van der Waals surface area contributed by atoms with Gasteiger partial charge in [-0.2, -0.15) is 0 Å². The number of hydrogen-bond acceptors (Lipinski definition) is 5. The van der Waals surface area contributed by atoms with Crippen LogP contribution >= 0.6 is 11.6 Å². The van der Waals surface area contributed by atoms with E-state index in [0.29, 0.717) is 6.61 Å². The minimum atomic E-state index is -0.626. The molecule has 0 aromatic carbocycles. The van der Waals surface area contributed by atoms with Crippen molar-refractivity contribution in [2.45, 2.75) is 69.2 Å². The molecule has 0 spiro atoms. The van der Waals surface area contributed by atoms with Crippen molar-refractivity contribution >= 4 is 11.6 Å². The molecule has 0 amide bonds. The van der Waals surface area contributed by atoms with Crippen LogP contribution in [0.2, 0.25) is 0 Å². The zero-order chi connectivity index (χ0) is 13.1. The van der Waals surface area contributed by atoms with Gasteiger partial charge in [-0.25, -0.2) is 0 Å². The zero-order valence-corrected chi connectivity index (χ0v) is 11.8. The molecule has 3 rings (SSSR count). The lowest BCUT2D eigenvalue weighted by Gasteiger charge is -2.26. The van der Waals surface area contributed by atoms with Crippen LogP contribution in [-0.2, 0) is 23.7 Å². The van der Waals surface area contributed by atoms with E-state index in [1.807, 2.05) is 27.7 Å². The third kappa shape index (κ3) is 2.17. The van der Waals surface area contributed by atoms with Crippen molar-refractivity contribution in [2.24, 2.45) is 0 Å². The topological polar surface area (TPSA) is 46.2 Å². The fourth-order valence-electron chi connectivity index (χ4n) is 2.76. The van der Waals surface area contributed by atoms with Crippen molar-refractivity contribution in [1.29, 1.82) is 0 Å². The summed E-state index contributed by atoms with van der Waals surface area (Å²) in [5, 5.41) is 0. The maximum absolute atomic E-state index is 6.16. The van der Waals surface area contributed by atoms with E-state index in [-0.39, 0.29) is 24.4 Å². The third-order valence-corrected chi connectivity index (χ3v) is 3.78. The van der Waals surface area contributed by atoms with Gasteiger partial charge in [0.2, 0.25) is 0 Å². The first kappa shape index (κ1) is 13.1. The SMILES string of the molecule is CC1(C)O[C@H]2[C@@H](O1)[C@H](Cl)O[C@H]2[C@H]1COC(C)(C)O1. The highest BCUT2D eigenvalue weighted by atomic mass is 35.5. The van der Waals surface area contributed by atoms with Gasteiger partial charge in [0.15, 0.2) is 17.1 Å². The summed E-state index contributed by atoms with van der Waals surface area (Å²) in [5.74, 6) is -1.21. The predicted octanol–water partition coefficient (Wildman–Crippen LogP) is 1.62.